The van der Waals surface area contributed by atoms with Crippen molar-refractivity contribution in [3.05, 3.63) is 77.3 Å². The molecular formula is C18H13ClN6. The lowest BCUT2D eigenvalue weighted by Gasteiger charge is -2.07. The van der Waals surface area contributed by atoms with E-state index in [4.69, 9.17) is 11.6 Å². The largest absolute Gasteiger partial charge is 0.321 e. The van der Waals surface area contributed by atoms with Gasteiger partial charge in [0.05, 0.1) is 6.21 Å². The molecule has 0 fully saturated rings. The highest BCUT2D eigenvalue weighted by atomic mass is 35.5. The van der Waals surface area contributed by atoms with Crippen LogP contribution in [0.15, 0.2) is 71.8 Å². The number of fused-ring (bicyclic) bond motifs is 1. The predicted octanol–water partition coefficient (Wildman–Crippen LogP) is 4.11. The summed E-state index contributed by atoms with van der Waals surface area (Å²) in [6.07, 6.45) is 1.65. The van der Waals surface area contributed by atoms with Crippen molar-refractivity contribution in [2.24, 2.45) is 5.10 Å². The third kappa shape index (κ3) is 3.34. The van der Waals surface area contributed by atoms with Crippen molar-refractivity contribution >= 4 is 40.2 Å². The topological polar surface area (TPSA) is 68.0 Å². The maximum Gasteiger partial charge on any atom is 0.269 e. The zero-order valence-corrected chi connectivity index (χ0v) is 13.8. The second-order valence-corrected chi connectivity index (χ2v) is 5.78. The highest BCUT2D eigenvalue weighted by Gasteiger charge is 2.07. The molecule has 122 valence electrons. The SMILES string of the molecule is Clc1cccc(C=Nn2nnnc2Nc2cccc3ccccc23)c1. The van der Waals surface area contributed by atoms with Gasteiger partial charge in [0.15, 0.2) is 0 Å². The molecule has 0 unspecified atom stereocenters. The van der Waals surface area contributed by atoms with Crippen LogP contribution in [0.1, 0.15) is 5.56 Å². The maximum atomic E-state index is 5.98. The summed E-state index contributed by atoms with van der Waals surface area (Å²) >= 11 is 5.98. The molecule has 0 amide bonds. The number of benzene rings is 3. The van der Waals surface area contributed by atoms with Crippen LogP contribution in [0.2, 0.25) is 5.02 Å². The maximum absolute atomic E-state index is 5.98. The van der Waals surface area contributed by atoms with Gasteiger partial charge in [0.2, 0.25) is 0 Å². The molecule has 0 radical (unpaired) electrons. The highest BCUT2D eigenvalue weighted by Crippen LogP contribution is 2.25. The van der Waals surface area contributed by atoms with Crippen LogP contribution >= 0.6 is 11.6 Å². The number of hydrogen-bond donors (Lipinski definition) is 1. The summed E-state index contributed by atoms with van der Waals surface area (Å²) in [7, 11) is 0. The zero-order chi connectivity index (χ0) is 17.1. The summed E-state index contributed by atoms with van der Waals surface area (Å²) in [6, 6.07) is 21.5. The van der Waals surface area contributed by atoms with Gasteiger partial charge in [-0.05, 0) is 39.6 Å². The first kappa shape index (κ1) is 15.3. The van der Waals surface area contributed by atoms with E-state index in [1.54, 1.807) is 6.21 Å². The standard InChI is InChI=1S/C18H13ClN6/c19-15-8-3-5-13(11-15)12-20-25-18(22-23-24-25)21-17-10-4-7-14-6-1-2-9-16(14)17/h1-12H,(H,21,22,24). The monoisotopic (exact) mass is 348 g/mol. The summed E-state index contributed by atoms with van der Waals surface area (Å²) in [5.74, 6) is 0.426. The minimum atomic E-state index is 0.426. The van der Waals surface area contributed by atoms with Gasteiger partial charge >= 0.3 is 0 Å². The van der Waals surface area contributed by atoms with Gasteiger partial charge in [-0.15, -0.1) is 0 Å². The second-order valence-electron chi connectivity index (χ2n) is 5.34. The van der Waals surface area contributed by atoms with Crippen molar-refractivity contribution in [2.75, 3.05) is 5.32 Å². The molecule has 7 heteroatoms. The van der Waals surface area contributed by atoms with E-state index in [0.29, 0.717) is 11.0 Å². The van der Waals surface area contributed by atoms with Crippen LogP contribution in [0.25, 0.3) is 10.8 Å². The molecule has 1 N–H and O–H groups in total. The first-order chi connectivity index (χ1) is 12.3. The van der Waals surface area contributed by atoms with Gasteiger partial charge in [-0.3, -0.25) is 0 Å². The van der Waals surface area contributed by atoms with E-state index in [0.717, 1.165) is 22.0 Å². The smallest absolute Gasteiger partial charge is 0.269 e. The summed E-state index contributed by atoms with van der Waals surface area (Å²) < 4.78 is 0. The number of anilines is 2. The Bertz CT molecular complexity index is 1050. The summed E-state index contributed by atoms with van der Waals surface area (Å²) in [4.78, 5) is 1.34. The van der Waals surface area contributed by atoms with Crippen molar-refractivity contribution in [3.8, 4) is 0 Å². The van der Waals surface area contributed by atoms with Gasteiger partial charge in [-0.1, -0.05) is 70.0 Å². The van der Waals surface area contributed by atoms with Crippen LogP contribution < -0.4 is 5.32 Å². The average Bonchev–Trinajstić information content (AvgIpc) is 3.07. The molecule has 1 heterocycles. The minimum absolute atomic E-state index is 0.426. The van der Waals surface area contributed by atoms with E-state index in [2.05, 4.69) is 38.1 Å². The molecule has 3 aromatic carbocycles. The fourth-order valence-electron chi connectivity index (χ4n) is 2.50. The molecule has 0 spiro atoms. The molecule has 4 aromatic rings. The van der Waals surface area contributed by atoms with Gasteiger partial charge in [0, 0.05) is 16.1 Å². The molecule has 0 aliphatic rings. The molecule has 6 nitrogen and oxygen atoms in total. The fourth-order valence-corrected chi connectivity index (χ4v) is 2.70. The van der Waals surface area contributed by atoms with Gasteiger partial charge < -0.3 is 5.32 Å². The van der Waals surface area contributed by atoms with Crippen LogP contribution in [-0.2, 0) is 0 Å². The van der Waals surface area contributed by atoms with Crippen molar-refractivity contribution in [1.82, 2.24) is 20.3 Å². The normalized spacial score (nSPS) is 11.2. The van der Waals surface area contributed by atoms with Crippen molar-refractivity contribution < 1.29 is 0 Å². The zero-order valence-electron chi connectivity index (χ0n) is 13.0. The number of aromatic nitrogens is 4. The predicted molar refractivity (Wildman–Crippen MR) is 99.5 cm³/mol. The summed E-state index contributed by atoms with van der Waals surface area (Å²) in [6.45, 7) is 0. The molecule has 4 rings (SSSR count). The number of nitrogens with one attached hydrogen (secondary N) is 1. The van der Waals surface area contributed by atoms with Crippen molar-refractivity contribution in [2.45, 2.75) is 0 Å². The fraction of sp³-hybridized carbons (Fsp3) is 0. The summed E-state index contributed by atoms with van der Waals surface area (Å²) in [5, 5.41) is 22.0. The Hall–Kier alpha value is -3.25. The van der Waals surface area contributed by atoms with Crippen LogP contribution in [0.3, 0.4) is 0 Å². The highest BCUT2D eigenvalue weighted by molar-refractivity contribution is 6.30. The lowest BCUT2D eigenvalue weighted by molar-refractivity contribution is 0.699. The molecule has 0 atom stereocenters. The van der Waals surface area contributed by atoms with E-state index in [1.807, 2.05) is 54.6 Å². The van der Waals surface area contributed by atoms with Crippen molar-refractivity contribution in [3.63, 3.8) is 0 Å². The van der Waals surface area contributed by atoms with Crippen LogP contribution in [-0.4, -0.2) is 26.5 Å². The van der Waals surface area contributed by atoms with Crippen molar-refractivity contribution in [1.29, 1.82) is 0 Å². The number of nitrogens with zero attached hydrogens (tertiary/aromatic N) is 5. The number of tetrazole rings is 1. The van der Waals surface area contributed by atoms with Crippen LogP contribution in [0.4, 0.5) is 11.6 Å². The number of halogens is 1. The van der Waals surface area contributed by atoms with E-state index in [9.17, 15) is 0 Å². The first-order valence-corrected chi connectivity index (χ1v) is 8.00. The Morgan fingerprint density at radius 1 is 1.00 bits per heavy atom. The van der Waals surface area contributed by atoms with Gasteiger partial charge in [-0.25, -0.2) is 0 Å². The van der Waals surface area contributed by atoms with Crippen LogP contribution in [0, 0.1) is 0 Å². The Morgan fingerprint density at radius 3 is 2.76 bits per heavy atom. The van der Waals surface area contributed by atoms with E-state index in [1.165, 1.54) is 4.79 Å². The number of hydrogen-bond acceptors (Lipinski definition) is 5. The van der Waals surface area contributed by atoms with Gasteiger partial charge in [0.25, 0.3) is 5.95 Å². The summed E-state index contributed by atoms with van der Waals surface area (Å²) in [5.41, 5.74) is 1.77. The van der Waals surface area contributed by atoms with Gasteiger partial charge in [-0.2, -0.15) is 5.10 Å². The van der Waals surface area contributed by atoms with E-state index < -0.39 is 0 Å². The average molecular weight is 349 g/mol. The number of rotatable bonds is 4. The van der Waals surface area contributed by atoms with Crippen LogP contribution in [0.5, 0.6) is 0 Å². The van der Waals surface area contributed by atoms with Gasteiger partial charge in [0.1, 0.15) is 0 Å². The Balaban J connectivity index is 1.63. The molecule has 0 aliphatic carbocycles. The molecule has 0 bridgehead atoms. The first-order valence-electron chi connectivity index (χ1n) is 7.63. The lowest BCUT2D eigenvalue weighted by atomic mass is 10.1. The molecule has 1 aromatic heterocycles. The minimum Gasteiger partial charge on any atom is -0.321 e. The molecule has 25 heavy (non-hydrogen) atoms. The van der Waals surface area contributed by atoms with E-state index in [-0.39, 0.29) is 0 Å². The molecule has 0 aliphatic heterocycles. The molecule has 0 saturated heterocycles. The quantitative estimate of drug-likeness (QED) is 0.564. The third-order valence-corrected chi connectivity index (χ3v) is 3.89. The second kappa shape index (κ2) is 6.70. The Kier molecular flexibility index (Phi) is 4.10. The lowest BCUT2D eigenvalue weighted by Crippen LogP contribution is -2.01. The molecular weight excluding hydrogens is 336 g/mol. The Labute approximate surface area is 148 Å². The third-order valence-electron chi connectivity index (χ3n) is 3.65. The Morgan fingerprint density at radius 2 is 1.84 bits per heavy atom. The van der Waals surface area contributed by atoms with E-state index >= 15 is 0 Å². The molecule has 0 saturated carbocycles.